The summed E-state index contributed by atoms with van der Waals surface area (Å²) in [5.41, 5.74) is -2.61. The van der Waals surface area contributed by atoms with Crippen LogP contribution in [0.2, 0.25) is 0 Å². The second kappa shape index (κ2) is 13.2. The van der Waals surface area contributed by atoms with E-state index in [4.69, 9.17) is 4.74 Å². The van der Waals surface area contributed by atoms with E-state index in [1.165, 1.54) is 30.1 Å². The summed E-state index contributed by atoms with van der Waals surface area (Å²) in [4.78, 5) is 14.3. The molecule has 2 heterocycles. The van der Waals surface area contributed by atoms with Crippen molar-refractivity contribution in [1.82, 2.24) is 15.5 Å². The number of carbonyl (C=O) groups is 1. The predicted molar refractivity (Wildman–Crippen MR) is 152 cm³/mol. The van der Waals surface area contributed by atoms with E-state index in [1.54, 1.807) is 6.07 Å². The number of carbonyl (C=O) groups excluding carboxylic acids is 1. The van der Waals surface area contributed by atoms with Crippen LogP contribution in [0.5, 0.6) is 11.5 Å². The number of nitrogens with zero attached hydrogens (tertiary/aromatic N) is 1. The minimum atomic E-state index is -5.01. The molecule has 248 valence electrons. The molecule has 2 aromatic rings. The summed E-state index contributed by atoms with van der Waals surface area (Å²) in [6.07, 6.45) is -3.62. The number of likely N-dealkylation sites (tertiary alicyclic amines) is 1. The number of para-hydroxylation sites is 1. The lowest BCUT2D eigenvalue weighted by Gasteiger charge is -2.52. The molecule has 45 heavy (non-hydrogen) atoms. The molecule has 4 unspecified atom stereocenters. The van der Waals surface area contributed by atoms with Gasteiger partial charge < -0.3 is 20.1 Å². The summed E-state index contributed by atoms with van der Waals surface area (Å²) in [7, 11) is 1.42. The molecule has 0 radical (unpaired) electrons. The molecule has 1 aliphatic carbocycles. The third kappa shape index (κ3) is 7.43. The van der Waals surface area contributed by atoms with Gasteiger partial charge in [-0.1, -0.05) is 56.7 Å². The lowest BCUT2D eigenvalue weighted by atomic mass is 9.77. The molecule has 5 rings (SSSR count). The Morgan fingerprint density at radius 3 is 2.31 bits per heavy atom. The van der Waals surface area contributed by atoms with Crippen molar-refractivity contribution in [2.75, 3.05) is 25.5 Å². The molecule has 0 bridgehead atoms. The van der Waals surface area contributed by atoms with E-state index in [-0.39, 0.29) is 35.9 Å². The Labute approximate surface area is 256 Å². The molecule has 0 spiro atoms. The van der Waals surface area contributed by atoms with Gasteiger partial charge in [-0.05, 0) is 49.9 Å². The standard InChI is InChI=1S/C31H37F7N4O3/c1-42-15-14-29(42,30(33,34)35)22-10-6-7-11-26(22)44-27-25(16-20(18-39-27)19-8-4-2-3-5-9-19)41-28(43)40-24-13-12-21(17-23(24)32)45-31(36,37)38/h6-7,10-13,17,19-20,25,27,39H,2-5,8-9,14-16,18H2,1H3,(H2,40,41,43). The van der Waals surface area contributed by atoms with Crippen LogP contribution in [0.1, 0.15) is 56.9 Å². The second-order valence-corrected chi connectivity index (χ2v) is 12.1. The first kappa shape index (κ1) is 33.1. The first-order valence-electron chi connectivity index (χ1n) is 15.2. The van der Waals surface area contributed by atoms with E-state index in [2.05, 4.69) is 20.7 Å². The Bertz CT molecular complexity index is 1330. The zero-order valence-corrected chi connectivity index (χ0v) is 24.7. The largest absolute Gasteiger partial charge is 0.573 e. The van der Waals surface area contributed by atoms with Crippen LogP contribution < -0.4 is 25.4 Å². The second-order valence-electron chi connectivity index (χ2n) is 12.1. The number of ether oxygens (including phenoxy) is 2. The lowest BCUT2D eigenvalue weighted by Crippen LogP contribution is -2.64. The number of benzene rings is 2. The number of halogens is 7. The number of rotatable bonds is 7. The van der Waals surface area contributed by atoms with Crippen LogP contribution in [-0.2, 0) is 5.54 Å². The summed E-state index contributed by atoms with van der Waals surface area (Å²) >= 11 is 0. The van der Waals surface area contributed by atoms with E-state index in [9.17, 15) is 35.5 Å². The third-order valence-electron chi connectivity index (χ3n) is 9.32. The van der Waals surface area contributed by atoms with Gasteiger partial charge in [-0.15, -0.1) is 13.2 Å². The molecule has 2 aliphatic heterocycles. The van der Waals surface area contributed by atoms with Gasteiger partial charge in [-0.2, -0.15) is 13.2 Å². The van der Waals surface area contributed by atoms with Crippen molar-refractivity contribution in [3.05, 3.63) is 53.8 Å². The minimum Gasteiger partial charge on any atom is -0.473 e. The highest BCUT2D eigenvalue weighted by atomic mass is 19.4. The predicted octanol–water partition coefficient (Wildman–Crippen LogP) is 7.29. The van der Waals surface area contributed by atoms with Gasteiger partial charge in [0.2, 0.25) is 0 Å². The molecule has 14 heteroatoms. The van der Waals surface area contributed by atoms with Gasteiger partial charge in [0.15, 0.2) is 6.23 Å². The summed E-state index contributed by atoms with van der Waals surface area (Å²) in [6, 6.07) is 6.74. The fourth-order valence-corrected chi connectivity index (χ4v) is 6.92. The molecule has 2 amide bonds. The number of anilines is 1. The van der Waals surface area contributed by atoms with Crippen molar-refractivity contribution in [3.63, 3.8) is 0 Å². The number of amides is 2. The molecule has 7 nitrogen and oxygen atoms in total. The topological polar surface area (TPSA) is 74.9 Å². The van der Waals surface area contributed by atoms with E-state index in [0.29, 0.717) is 24.9 Å². The van der Waals surface area contributed by atoms with Crippen molar-refractivity contribution in [1.29, 1.82) is 0 Å². The highest BCUT2D eigenvalue weighted by Crippen LogP contribution is 2.53. The minimum absolute atomic E-state index is 0.0228. The van der Waals surface area contributed by atoms with Crippen molar-refractivity contribution >= 4 is 11.7 Å². The molecule has 0 aromatic heterocycles. The number of urea groups is 1. The fourth-order valence-electron chi connectivity index (χ4n) is 6.92. The normalized spacial score (nSPS) is 26.8. The van der Waals surface area contributed by atoms with E-state index in [0.717, 1.165) is 50.7 Å². The number of piperidine rings is 1. The Hall–Kier alpha value is -3.26. The van der Waals surface area contributed by atoms with E-state index >= 15 is 0 Å². The fraction of sp³-hybridized carbons (Fsp3) is 0.581. The maximum absolute atomic E-state index is 14.6. The average molecular weight is 647 g/mol. The molecule has 3 fully saturated rings. The van der Waals surface area contributed by atoms with Crippen LogP contribution >= 0.6 is 0 Å². The van der Waals surface area contributed by atoms with Crippen LogP contribution in [0.25, 0.3) is 0 Å². The summed E-state index contributed by atoms with van der Waals surface area (Å²) in [5, 5.41) is 8.40. The monoisotopic (exact) mass is 646 g/mol. The van der Waals surface area contributed by atoms with Gasteiger partial charge in [-0.3, -0.25) is 10.2 Å². The molecular formula is C31H37F7N4O3. The zero-order chi connectivity index (χ0) is 32.4. The molecule has 4 atom stereocenters. The van der Waals surface area contributed by atoms with Crippen LogP contribution in [-0.4, -0.2) is 55.9 Å². The Morgan fingerprint density at radius 2 is 1.71 bits per heavy atom. The number of hydrogen-bond acceptors (Lipinski definition) is 5. The zero-order valence-electron chi connectivity index (χ0n) is 24.7. The smallest absolute Gasteiger partial charge is 0.473 e. The van der Waals surface area contributed by atoms with Gasteiger partial charge >= 0.3 is 18.6 Å². The highest BCUT2D eigenvalue weighted by Gasteiger charge is 2.64. The maximum Gasteiger partial charge on any atom is 0.573 e. The quantitative estimate of drug-likeness (QED) is 0.218. The van der Waals surface area contributed by atoms with Gasteiger partial charge in [0.1, 0.15) is 22.9 Å². The van der Waals surface area contributed by atoms with Crippen molar-refractivity contribution in [3.8, 4) is 11.5 Å². The molecular weight excluding hydrogens is 609 g/mol. The Balaban J connectivity index is 1.36. The summed E-state index contributed by atoms with van der Waals surface area (Å²) in [5.74, 6) is -1.36. The van der Waals surface area contributed by atoms with Crippen molar-refractivity contribution in [2.45, 2.75) is 81.7 Å². The van der Waals surface area contributed by atoms with Crippen LogP contribution in [0.4, 0.5) is 41.2 Å². The highest BCUT2D eigenvalue weighted by molar-refractivity contribution is 5.89. The molecule has 2 aromatic carbocycles. The number of alkyl halides is 6. The lowest BCUT2D eigenvalue weighted by molar-refractivity contribution is -0.274. The SMILES string of the molecule is CN1CCC1(c1ccccc1OC1NCC(C2CCCCCC2)CC1NC(=O)Nc1ccc(OC(F)(F)F)cc1F)C(F)(F)F. The first-order chi connectivity index (χ1) is 21.3. The van der Waals surface area contributed by atoms with Crippen molar-refractivity contribution < 1.29 is 45.0 Å². The van der Waals surface area contributed by atoms with Gasteiger partial charge in [0, 0.05) is 24.7 Å². The number of nitrogens with one attached hydrogen (secondary N) is 3. The van der Waals surface area contributed by atoms with Gasteiger partial charge in [0.05, 0.1) is 11.7 Å². The van der Waals surface area contributed by atoms with Crippen LogP contribution in [0.15, 0.2) is 42.5 Å². The summed E-state index contributed by atoms with van der Waals surface area (Å²) < 4.78 is 105. The van der Waals surface area contributed by atoms with E-state index in [1.807, 2.05) is 0 Å². The number of hydrogen-bond donors (Lipinski definition) is 3. The first-order valence-corrected chi connectivity index (χ1v) is 15.2. The van der Waals surface area contributed by atoms with Crippen LogP contribution in [0, 0.1) is 17.7 Å². The Morgan fingerprint density at radius 1 is 1.00 bits per heavy atom. The van der Waals surface area contributed by atoms with E-state index < -0.39 is 47.9 Å². The maximum atomic E-state index is 14.6. The van der Waals surface area contributed by atoms with Crippen molar-refractivity contribution in [2.24, 2.45) is 11.8 Å². The van der Waals surface area contributed by atoms with Crippen LogP contribution in [0.3, 0.4) is 0 Å². The average Bonchev–Trinajstić information content (AvgIpc) is 3.24. The van der Waals surface area contributed by atoms with Gasteiger partial charge in [0.25, 0.3) is 0 Å². The third-order valence-corrected chi connectivity index (χ3v) is 9.32. The van der Waals surface area contributed by atoms with Gasteiger partial charge in [-0.25, -0.2) is 9.18 Å². The molecule has 3 aliphatic rings. The molecule has 3 N–H and O–H groups in total. The summed E-state index contributed by atoms with van der Waals surface area (Å²) in [6.45, 7) is 0.805. The molecule has 1 saturated carbocycles. The Kier molecular flexibility index (Phi) is 9.73. The molecule has 2 saturated heterocycles.